The fourth-order valence-corrected chi connectivity index (χ4v) is 9.38. The number of hydrogen-bond donors (Lipinski definition) is 0. The van der Waals surface area contributed by atoms with Gasteiger partial charge in [-0.3, -0.25) is 0 Å². The Balaban J connectivity index is 1.28. The van der Waals surface area contributed by atoms with Gasteiger partial charge in [-0.15, -0.1) is 0 Å². The molecule has 0 amide bonds. The molecular formula is C48H46BrN. The van der Waals surface area contributed by atoms with Crippen molar-refractivity contribution in [3.8, 4) is 33.4 Å². The number of halogens is 1. The zero-order valence-electron chi connectivity index (χ0n) is 30.5. The van der Waals surface area contributed by atoms with Gasteiger partial charge < -0.3 is 4.90 Å². The molecule has 250 valence electrons. The van der Waals surface area contributed by atoms with Gasteiger partial charge in [-0.1, -0.05) is 156 Å². The minimum Gasteiger partial charge on any atom is -0.310 e. The van der Waals surface area contributed by atoms with Gasteiger partial charge in [0.05, 0.1) is 0 Å². The van der Waals surface area contributed by atoms with Crippen LogP contribution in [-0.2, 0) is 16.2 Å². The van der Waals surface area contributed by atoms with E-state index >= 15 is 0 Å². The maximum atomic E-state index is 4.04. The van der Waals surface area contributed by atoms with Crippen molar-refractivity contribution in [1.82, 2.24) is 0 Å². The molecule has 6 aromatic carbocycles. The van der Waals surface area contributed by atoms with Crippen LogP contribution in [0.15, 0.2) is 138 Å². The van der Waals surface area contributed by atoms with E-state index in [1.807, 2.05) is 0 Å². The van der Waals surface area contributed by atoms with E-state index in [1.54, 1.807) is 0 Å². The van der Waals surface area contributed by atoms with Gasteiger partial charge in [-0.05, 0) is 120 Å². The monoisotopic (exact) mass is 715 g/mol. The lowest BCUT2D eigenvalue weighted by Crippen LogP contribution is -2.42. The van der Waals surface area contributed by atoms with Crippen LogP contribution in [0.4, 0.5) is 17.1 Å². The van der Waals surface area contributed by atoms with E-state index in [0.29, 0.717) is 0 Å². The van der Waals surface area contributed by atoms with E-state index in [9.17, 15) is 0 Å². The minimum atomic E-state index is -0.0870. The van der Waals surface area contributed by atoms with Crippen molar-refractivity contribution in [3.63, 3.8) is 0 Å². The first-order valence-electron chi connectivity index (χ1n) is 17.9. The fraction of sp³-hybridized carbons (Fsp3) is 0.250. The van der Waals surface area contributed by atoms with Gasteiger partial charge in [-0.2, -0.15) is 0 Å². The summed E-state index contributed by atoms with van der Waals surface area (Å²) in [6.07, 6.45) is 0. The first-order valence-corrected chi connectivity index (χ1v) is 18.7. The lowest BCUT2D eigenvalue weighted by molar-refractivity contribution is 0.125. The van der Waals surface area contributed by atoms with E-state index in [2.05, 4.69) is 210 Å². The highest BCUT2D eigenvalue weighted by molar-refractivity contribution is 9.10. The molecule has 2 heteroatoms. The normalized spacial score (nSPS) is 17.1. The molecule has 0 atom stereocenters. The predicted octanol–water partition coefficient (Wildman–Crippen LogP) is 14.2. The van der Waals surface area contributed by atoms with Crippen LogP contribution in [0, 0.1) is 5.41 Å². The molecule has 1 nitrogen and oxygen atoms in total. The van der Waals surface area contributed by atoms with Crippen molar-refractivity contribution in [2.75, 3.05) is 4.90 Å². The third-order valence-electron chi connectivity index (χ3n) is 13.1. The van der Waals surface area contributed by atoms with Crippen LogP contribution in [0.25, 0.3) is 33.4 Å². The van der Waals surface area contributed by atoms with Gasteiger partial charge in [0.25, 0.3) is 0 Å². The Morgan fingerprint density at radius 2 is 0.960 bits per heavy atom. The maximum absolute atomic E-state index is 4.04. The highest BCUT2D eigenvalue weighted by Crippen LogP contribution is 2.62. The van der Waals surface area contributed by atoms with Crippen molar-refractivity contribution in [2.45, 2.75) is 71.6 Å². The van der Waals surface area contributed by atoms with Crippen LogP contribution in [-0.4, -0.2) is 0 Å². The largest absolute Gasteiger partial charge is 0.310 e. The molecular weight excluding hydrogens is 670 g/mol. The van der Waals surface area contributed by atoms with Crippen LogP contribution < -0.4 is 4.90 Å². The average Bonchev–Trinajstić information content (AvgIpc) is 3.39. The second-order valence-corrected chi connectivity index (χ2v) is 17.3. The zero-order chi connectivity index (χ0) is 35.2. The predicted molar refractivity (Wildman–Crippen MR) is 217 cm³/mol. The van der Waals surface area contributed by atoms with Gasteiger partial charge in [-0.25, -0.2) is 0 Å². The summed E-state index contributed by atoms with van der Waals surface area (Å²) in [5, 5.41) is 0. The smallest absolute Gasteiger partial charge is 0.0467 e. The Morgan fingerprint density at radius 3 is 1.68 bits per heavy atom. The number of rotatable bonds is 5. The van der Waals surface area contributed by atoms with Gasteiger partial charge in [0.15, 0.2) is 0 Å². The summed E-state index contributed by atoms with van der Waals surface area (Å²) in [6, 6.07) is 49.5. The van der Waals surface area contributed by atoms with Crippen molar-refractivity contribution < 1.29 is 0 Å². The lowest BCUT2D eigenvalue weighted by atomic mass is 9.59. The molecule has 0 bridgehead atoms. The summed E-state index contributed by atoms with van der Waals surface area (Å²) in [5.41, 5.74) is 16.7. The quantitative estimate of drug-likeness (QED) is 0.172. The summed E-state index contributed by atoms with van der Waals surface area (Å²) >= 11 is 4.04. The first-order chi connectivity index (χ1) is 23.7. The summed E-state index contributed by atoms with van der Waals surface area (Å²) in [4.78, 5) is 2.43. The van der Waals surface area contributed by atoms with Crippen molar-refractivity contribution in [1.29, 1.82) is 0 Å². The molecule has 0 radical (unpaired) electrons. The van der Waals surface area contributed by atoms with E-state index < -0.39 is 0 Å². The minimum absolute atomic E-state index is 0.0280. The molecule has 0 spiro atoms. The summed E-state index contributed by atoms with van der Waals surface area (Å²) in [5.74, 6) is 0. The zero-order valence-corrected chi connectivity index (χ0v) is 32.1. The van der Waals surface area contributed by atoms with Gasteiger partial charge in [0, 0.05) is 26.9 Å². The van der Waals surface area contributed by atoms with Gasteiger partial charge in [0.1, 0.15) is 0 Å². The summed E-state index contributed by atoms with van der Waals surface area (Å²) in [6.45, 7) is 19.2. The standard InChI is InChI=1S/C48H46BrN/c1-45(2)40-20-13-12-19-37(40)38-26-25-36(28-41(38)45)50(34-23-21-32(22-24-34)31-15-10-9-11-16-31)35-18-14-17-33(27-35)39-29-42-43(30-44(39)49)47(5,6)48(7,8)46(42,3)4/h9-30H,1-8H3. The number of hydrogen-bond acceptors (Lipinski definition) is 1. The molecule has 0 fully saturated rings. The summed E-state index contributed by atoms with van der Waals surface area (Å²) < 4.78 is 1.14. The molecule has 8 rings (SSSR count). The molecule has 0 saturated carbocycles. The number of fused-ring (bicyclic) bond motifs is 4. The molecule has 0 N–H and O–H groups in total. The van der Waals surface area contributed by atoms with E-state index in [1.165, 1.54) is 55.6 Å². The first kappa shape index (κ1) is 32.8. The number of anilines is 3. The lowest BCUT2D eigenvalue weighted by Gasteiger charge is -2.44. The number of benzene rings is 6. The van der Waals surface area contributed by atoms with Gasteiger partial charge >= 0.3 is 0 Å². The topological polar surface area (TPSA) is 3.24 Å². The molecule has 0 saturated heterocycles. The van der Waals surface area contributed by atoms with Crippen molar-refractivity contribution in [2.24, 2.45) is 5.41 Å². The number of nitrogens with zero attached hydrogens (tertiary/aromatic N) is 1. The van der Waals surface area contributed by atoms with Crippen LogP contribution >= 0.6 is 15.9 Å². The third kappa shape index (κ3) is 4.71. The maximum Gasteiger partial charge on any atom is 0.0467 e. The molecule has 2 aliphatic rings. The van der Waals surface area contributed by atoms with Crippen molar-refractivity contribution >= 4 is 33.0 Å². The molecule has 50 heavy (non-hydrogen) atoms. The van der Waals surface area contributed by atoms with Crippen LogP contribution in [0.1, 0.15) is 77.6 Å². The second kappa shape index (κ2) is 11.3. The van der Waals surface area contributed by atoms with E-state index in [-0.39, 0.29) is 21.7 Å². The third-order valence-corrected chi connectivity index (χ3v) is 13.7. The van der Waals surface area contributed by atoms with Gasteiger partial charge in [0.2, 0.25) is 0 Å². The summed E-state index contributed by atoms with van der Waals surface area (Å²) in [7, 11) is 0. The Labute approximate surface area is 307 Å². The molecule has 2 aliphatic carbocycles. The molecule has 0 unspecified atom stereocenters. The highest BCUT2D eigenvalue weighted by atomic mass is 79.9. The highest BCUT2D eigenvalue weighted by Gasteiger charge is 2.57. The molecule has 6 aromatic rings. The second-order valence-electron chi connectivity index (χ2n) is 16.5. The fourth-order valence-electron chi connectivity index (χ4n) is 8.81. The molecule has 0 heterocycles. The molecule has 0 aliphatic heterocycles. The Hall–Kier alpha value is -4.40. The van der Waals surface area contributed by atoms with E-state index in [4.69, 9.17) is 0 Å². The average molecular weight is 717 g/mol. The van der Waals surface area contributed by atoms with Crippen LogP contribution in [0.2, 0.25) is 0 Å². The van der Waals surface area contributed by atoms with Crippen molar-refractivity contribution in [3.05, 3.63) is 160 Å². The Bertz CT molecular complexity index is 2270. The molecule has 0 aromatic heterocycles. The Morgan fingerprint density at radius 1 is 0.400 bits per heavy atom. The Kier molecular flexibility index (Phi) is 7.41. The van der Waals surface area contributed by atoms with E-state index in [0.717, 1.165) is 21.5 Å². The van der Waals surface area contributed by atoms with Crippen LogP contribution in [0.5, 0.6) is 0 Å². The van der Waals surface area contributed by atoms with Crippen LogP contribution in [0.3, 0.4) is 0 Å². The SMILES string of the molecule is CC1(C)c2ccccc2-c2ccc(N(c3ccc(-c4ccccc4)cc3)c3cccc(-c4cc5c(cc4Br)C(C)(C)C(C)(C)C5(C)C)c3)cc21.